The van der Waals surface area contributed by atoms with Gasteiger partial charge in [0.1, 0.15) is 11.5 Å². The standard InChI is InChI=1S/C12H16O3.C10H12O3/c1-3-12(13)15-9-8-10-4-6-11(14-2)7-5-10;1-13-9-5-2-8(3-6-9)4-7-10(11)12/h4-7H,3,8-9H2,1-2H3;2-3,5-6H,4,7H2,1H3,(H,11,12). The van der Waals surface area contributed by atoms with E-state index >= 15 is 0 Å². The van der Waals surface area contributed by atoms with Crippen molar-refractivity contribution in [2.75, 3.05) is 20.8 Å². The Morgan fingerprint density at radius 2 is 1.29 bits per heavy atom. The minimum atomic E-state index is -0.768. The third kappa shape index (κ3) is 9.62. The van der Waals surface area contributed by atoms with Gasteiger partial charge in [0, 0.05) is 19.3 Å². The minimum absolute atomic E-state index is 0.150. The normalized spacial score (nSPS) is 9.68. The SMILES string of the molecule is CCC(=O)OCCc1ccc(OC)cc1.COc1ccc(CCC(=O)O)cc1. The quantitative estimate of drug-likeness (QED) is 0.656. The Kier molecular flexibility index (Phi) is 10.8. The van der Waals surface area contributed by atoms with Crippen molar-refractivity contribution in [1.82, 2.24) is 0 Å². The minimum Gasteiger partial charge on any atom is -0.497 e. The highest BCUT2D eigenvalue weighted by Gasteiger charge is 2.00. The van der Waals surface area contributed by atoms with E-state index in [0.717, 1.165) is 29.0 Å². The molecule has 6 nitrogen and oxygen atoms in total. The Hall–Kier alpha value is -3.02. The fraction of sp³-hybridized carbons (Fsp3) is 0.364. The summed E-state index contributed by atoms with van der Waals surface area (Å²) in [6, 6.07) is 15.2. The third-order valence-corrected chi connectivity index (χ3v) is 3.89. The maximum absolute atomic E-state index is 10.9. The van der Waals surface area contributed by atoms with Gasteiger partial charge in [-0.1, -0.05) is 31.2 Å². The topological polar surface area (TPSA) is 82.1 Å². The number of carbonyl (C=O) groups excluding carboxylic acids is 1. The van der Waals surface area contributed by atoms with Gasteiger partial charge in [0.15, 0.2) is 0 Å². The first-order valence-electron chi connectivity index (χ1n) is 9.11. The molecule has 0 bridgehead atoms. The third-order valence-electron chi connectivity index (χ3n) is 3.89. The number of carboxylic acids is 1. The number of aliphatic carboxylic acids is 1. The Balaban J connectivity index is 0.000000283. The first kappa shape index (κ1) is 23.0. The molecule has 2 aromatic rings. The number of rotatable bonds is 9. The van der Waals surface area contributed by atoms with E-state index in [1.54, 1.807) is 21.1 Å². The van der Waals surface area contributed by atoms with Gasteiger partial charge in [-0.2, -0.15) is 0 Å². The Morgan fingerprint density at radius 1 is 0.821 bits per heavy atom. The van der Waals surface area contributed by atoms with Gasteiger partial charge in [0.25, 0.3) is 0 Å². The van der Waals surface area contributed by atoms with Crippen molar-refractivity contribution in [3.8, 4) is 11.5 Å². The summed E-state index contributed by atoms with van der Waals surface area (Å²) < 4.78 is 15.0. The van der Waals surface area contributed by atoms with Gasteiger partial charge in [-0.25, -0.2) is 0 Å². The maximum atomic E-state index is 10.9. The van der Waals surface area contributed by atoms with Crippen molar-refractivity contribution < 1.29 is 28.9 Å². The van der Waals surface area contributed by atoms with E-state index in [1.807, 2.05) is 48.5 Å². The zero-order valence-corrected chi connectivity index (χ0v) is 16.6. The monoisotopic (exact) mass is 388 g/mol. The van der Waals surface area contributed by atoms with E-state index in [-0.39, 0.29) is 12.4 Å². The van der Waals surface area contributed by atoms with E-state index in [1.165, 1.54) is 0 Å². The molecule has 0 aromatic heterocycles. The molecule has 0 saturated heterocycles. The molecule has 6 heteroatoms. The molecule has 0 aliphatic carbocycles. The van der Waals surface area contributed by atoms with E-state index in [9.17, 15) is 9.59 Å². The molecule has 2 aromatic carbocycles. The molecule has 1 N–H and O–H groups in total. The lowest BCUT2D eigenvalue weighted by Crippen LogP contribution is -2.05. The van der Waals surface area contributed by atoms with Crippen molar-refractivity contribution >= 4 is 11.9 Å². The lowest BCUT2D eigenvalue weighted by atomic mass is 10.1. The number of ether oxygens (including phenoxy) is 3. The molecule has 0 atom stereocenters. The van der Waals surface area contributed by atoms with Crippen LogP contribution < -0.4 is 9.47 Å². The number of carbonyl (C=O) groups is 2. The van der Waals surface area contributed by atoms with Crippen molar-refractivity contribution in [3.05, 3.63) is 59.7 Å². The molecule has 152 valence electrons. The van der Waals surface area contributed by atoms with E-state index in [0.29, 0.717) is 19.4 Å². The zero-order valence-electron chi connectivity index (χ0n) is 16.6. The molecule has 0 spiro atoms. The Morgan fingerprint density at radius 3 is 1.68 bits per heavy atom. The molecule has 0 unspecified atom stereocenters. The van der Waals surface area contributed by atoms with Gasteiger partial charge in [-0.05, 0) is 41.8 Å². The summed E-state index contributed by atoms with van der Waals surface area (Å²) in [7, 11) is 3.24. The predicted octanol–water partition coefficient (Wildman–Crippen LogP) is 3.90. The number of aryl methyl sites for hydroxylation is 1. The average molecular weight is 388 g/mol. The predicted molar refractivity (Wildman–Crippen MR) is 107 cm³/mol. The molecular formula is C22H28O6. The van der Waals surface area contributed by atoms with Crippen molar-refractivity contribution in [1.29, 1.82) is 0 Å². The van der Waals surface area contributed by atoms with Crippen molar-refractivity contribution in [3.63, 3.8) is 0 Å². The van der Waals surface area contributed by atoms with Gasteiger partial charge in [-0.3, -0.25) is 9.59 Å². The number of hydrogen-bond donors (Lipinski definition) is 1. The van der Waals surface area contributed by atoms with Crippen LogP contribution in [0, 0.1) is 0 Å². The van der Waals surface area contributed by atoms with Gasteiger partial charge in [-0.15, -0.1) is 0 Å². The molecule has 0 saturated carbocycles. The number of methoxy groups -OCH3 is 2. The maximum Gasteiger partial charge on any atom is 0.305 e. The molecule has 0 radical (unpaired) electrons. The fourth-order valence-electron chi connectivity index (χ4n) is 2.22. The van der Waals surface area contributed by atoms with E-state index < -0.39 is 5.97 Å². The average Bonchev–Trinajstić information content (AvgIpc) is 2.73. The van der Waals surface area contributed by atoms with Crippen LogP contribution >= 0.6 is 0 Å². The van der Waals surface area contributed by atoms with Crippen molar-refractivity contribution in [2.24, 2.45) is 0 Å². The molecular weight excluding hydrogens is 360 g/mol. The molecule has 0 fully saturated rings. The summed E-state index contributed by atoms with van der Waals surface area (Å²) in [6.07, 6.45) is 1.92. The molecule has 2 rings (SSSR count). The number of benzene rings is 2. The van der Waals surface area contributed by atoms with Crippen LogP contribution in [0.1, 0.15) is 30.9 Å². The van der Waals surface area contributed by atoms with Crippen LogP contribution in [0.15, 0.2) is 48.5 Å². The summed E-state index contributed by atoms with van der Waals surface area (Å²) in [5.74, 6) is 0.711. The molecule has 0 heterocycles. The van der Waals surface area contributed by atoms with Crippen LogP contribution in [-0.4, -0.2) is 37.9 Å². The van der Waals surface area contributed by atoms with Crippen LogP contribution in [0.5, 0.6) is 11.5 Å². The van der Waals surface area contributed by atoms with Crippen molar-refractivity contribution in [2.45, 2.75) is 32.6 Å². The van der Waals surface area contributed by atoms with E-state index in [2.05, 4.69) is 0 Å². The van der Waals surface area contributed by atoms with E-state index in [4.69, 9.17) is 19.3 Å². The summed E-state index contributed by atoms with van der Waals surface area (Å²) in [6.45, 7) is 2.23. The highest BCUT2D eigenvalue weighted by molar-refractivity contribution is 5.68. The van der Waals surface area contributed by atoms with Crippen LogP contribution in [0.25, 0.3) is 0 Å². The molecule has 0 amide bonds. The van der Waals surface area contributed by atoms with Gasteiger partial charge < -0.3 is 19.3 Å². The van der Waals surface area contributed by atoms with Gasteiger partial charge >= 0.3 is 11.9 Å². The summed E-state index contributed by atoms with van der Waals surface area (Å²) in [4.78, 5) is 21.1. The second-order valence-electron chi connectivity index (χ2n) is 5.91. The highest BCUT2D eigenvalue weighted by Crippen LogP contribution is 2.12. The fourth-order valence-corrected chi connectivity index (χ4v) is 2.22. The molecule has 28 heavy (non-hydrogen) atoms. The second-order valence-corrected chi connectivity index (χ2v) is 5.91. The summed E-state index contributed by atoms with van der Waals surface area (Å²) in [5.41, 5.74) is 2.16. The second kappa shape index (κ2) is 13.2. The van der Waals surface area contributed by atoms with Crippen LogP contribution in [0.3, 0.4) is 0 Å². The Bertz CT molecular complexity index is 707. The smallest absolute Gasteiger partial charge is 0.305 e. The van der Waals surface area contributed by atoms with Gasteiger partial charge in [0.2, 0.25) is 0 Å². The number of hydrogen-bond acceptors (Lipinski definition) is 5. The largest absolute Gasteiger partial charge is 0.497 e. The zero-order chi connectivity index (χ0) is 20.8. The summed E-state index contributed by atoms with van der Waals surface area (Å²) in [5, 5.41) is 8.45. The highest BCUT2D eigenvalue weighted by atomic mass is 16.5. The number of carboxylic acid groups (broad SMARTS) is 1. The van der Waals surface area contributed by atoms with Crippen LogP contribution in [0.2, 0.25) is 0 Å². The summed E-state index contributed by atoms with van der Waals surface area (Å²) >= 11 is 0. The number of esters is 1. The van der Waals surface area contributed by atoms with Crippen LogP contribution in [0.4, 0.5) is 0 Å². The van der Waals surface area contributed by atoms with Crippen LogP contribution in [-0.2, 0) is 27.2 Å². The lowest BCUT2D eigenvalue weighted by Gasteiger charge is -2.04. The first-order chi connectivity index (χ1) is 13.5. The Labute approximate surface area is 166 Å². The molecule has 0 aliphatic rings. The molecule has 0 aliphatic heterocycles. The first-order valence-corrected chi connectivity index (χ1v) is 9.11. The lowest BCUT2D eigenvalue weighted by molar-refractivity contribution is -0.143. The van der Waals surface area contributed by atoms with Gasteiger partial charge in [0.05, 0.1) is 20.8 Å².